The van der Waals surface area contributed by atoms with E-state index >= 15 is 0 Å². The second-order valence-electron chi connectivity index (χ2n) is 6.05. The van der Waals surface area contributed by atoms with Crippen molar-refractivity contribution >= 4 is 68.6 Å². The Kier molecular flexibility index (Phi) is 4.12. The number of para-hydroxylation sites is 1. The maximum Gasteiger partial charge on any atom is 0.0934 e. The summed E-state index contributed by atoms with van der Waals surface area (Å²) in [6.45, 7) is 4.21. The molecule has 2 aromatic carbocycles. The quantitative estimate of drug-likeness (QED) is 0.273. The lowest BCUT2D eigenvalue weighted by molar-refractivity contribution is 0.864. The van der Waals surface area contributed by atoms with Crippen LogP contribution in [-0.4, -0.2) is 4.98 Å². The first-order chi connectivity index (χ1) is 11.9. The third kappa shape index (κ3) is 2.51. The number of nitrogens with zero attached hydrogens (tertiary/aromatic N) is 1. The highest BCUT2D eigenvalue weighted by molar-refractivity contribution is 6.52. The number of rotatable bonds is 1. The Bertz CT molecular complexity index is 1060. The Morgan fingerprint density at radius 2 is 1.68 bits per heavy atom. The van der Waals surface area contributed by atoms with Gasteiger partial charge >= 0.3 is 0 Å². The average molecular weight is 410 g/mol. The number of benzene rings is 2. The number of halogens is 4. The molecule has 0 bridgehead atoms. The first-order valence-corrected chi connectivity index (χ1v) is 9.10. The molecule has 25 heavy (non-hydrogen) atoms. The molecule has 1 heterocycles. The largest absolute Gasteiger partial charge is 0.397 e. The molecule has 4 rings (SSSR count). The molecule has 2 nitrogen and oxygen atoms in total. The van der Waals surface area contributed by atoms with Gasteiger partial charge in [0.25, 0.3) is 0 Å². The van der Waals surface area contributed by atoms with E-state index < -0.39 is 0 Å². The molecule has 1 atom stereocenters. The van der Waals surface area contributed by atoms with E-state index in [1.165, 1.54) is 0 Å². The zero-order valence-electron chi connectivity index (χ0n) is 12.9. The van der Waals surface area contributed by atoms with Gasteiger partial charge in [-0.1, -0.05) is 71.2 Å². The Labute approximate surface area is 165 Å². The summed E-state index contributed by atoms with van der Waals surface area (Å²) in [5.41, 5.74) is 10.8. The van der Waals surface area contributed by atoms with Crippen LogP contribution in [0.4, 0.5) is 5.69 Å². The van der Waals surface area contributed by atoms with Gasteiger partial charge in [0.2, 0.25) is 0 Å². The van der Waals surface area contributed by atoms with Gasteiger partial charge in [-0.15, -0.1) is 0 Å². The number of allylic oxidation sites excluding steroid dienone is 1. The van der Waals surface area contributed by atoms with Gasteiger partial charge in [0, 0.05) is 22.6 Å². The molecular weight excluding hydrogens is 398 g/mol. The summed E-state index contributed by atoms with van der Waals surface area (Å²) < 4.78 is 0. The van der Waals surface area contributed by atoms with Gasteiger partial charge in [-0.2, -0.15) is 0 Å². The zero-order chi connectivity index (χ0) is 17.9. The maximum atomic E-state index is 6.41. The van der Waals surface area contributed by atoms with Crippen molar-refractivity contribution in [3.8, 4) is 0 Å². The third-order valence-corrected chi connectivity index (χ3v) is 6.49. The van der Waals surface area contributed by atoms with Crippen LogP contribution in [0.2, 0.25) is 20.1 Å². The van der Waals surface area contributed by atoms with Crippen molar-refractivity contribution < 1.29 is 0 Å². The molecule has 0 aliphatic heterocycles. The first kappa shape index (κ1) is 17.0. The van der Waals surface area contributed by atoms with E-state index in [1.54, 1.807) is 0 Å². The summed E-state index contributed by atoms with van der Waals surface area (Å²) in [6.07, 6.45) is 0.620. The zero-order valence-corrected chi connectivity index (χ0v) is 15.9. The van der Waals surface area contributed by atoms with Crippen LogP contribution < -0.4 is 5.73 Å². The lowest BCUT2D eigenvalue weighted by Gasteiger charge is -2.13. The molecule has 0 radical (unpaired) electrons. The molecule has 0 fully saturated rings. The third-order valence-electron chi connectivity index (χ3n) is 4.64. The van der Waals surface area contributed by atoms with Crippen molar-refractivity contribution in [2.75, 3.05) is 5.73 Å². The Morgan fingerprint density at radius 1 is 0.960 bits per heavy atom. The van der Waals surface area contributed by atoms with Crippen molar-refractivity contribution in [2.45, 2.75) is 12.3 Å². The fourth-order valence-corrected chi connectivity index (χ4v) is 4.46. The molecule has 126 valence electrons. The smallest absolute Gasteiger partial charge is 0.0934 e. The minimum absolute atomic E-state index is 0.0523. The summed E-state index contributed by atoms with van der Waals surface area (Å²) in [5, 5.41) is 2.33. The molecule has 1 aliphatic rings. The summed E-state index contributed by atoms with van der Waals surface area (Å²) >= 11 is 25.2. The molecule has 6 heteroatoms. The monoisotopic (exact) mass is 408 g/mol. The Hall–Kier alpha value is -1.45. The van der Waals surface area contributed by atoms with E-state index in [0.29, 0.717) is 22.2 Å². The van der Waals surface area contributed by atoms with Gasteiger partial charge < -0.3 is 5.73 Å². The number of hydrogen-bond acceptors (Lipinski definition) is 2. The highest BCUT2D eigenvalue weighted by atomic mass is 35.5. The second-order valence-corrected chi connectivity index (χ2v) is 7.56. The highest BCUT2D eigenvalue weighted by Gasteiger charge is 2.34. The number of fused-ring (bicyclic) bond motifs is 2. The van der Waals surface area contributed by atoms with Crippen molar-refractivity contribution in [3.05, 3.63) is 73.8 Å². The van der Waals surface area contributed by atoms with E-state index in [9.17, 15) is 0 Å². The van der Waals surface area contributed by atoms with Gasteiger partial charge in [0.15, 0.2) is 0 Å². The van der Waals surface area contributed by atoms with Crippen molar-refractivity contribution in [2.24, 2.45) is 0 Å². The van der Waals surface area contributed by atoms with Crippen molar-refractivity contribution in [3.63, 3.8) is 0 Å². The molecule has 1 unspecified atom stereocenters. The summed E-state index contributed by atoms with van der Waals surface area (Å²) in [4.78, 5) is 4.76. The Balaban J connectivity index is 1.86. The van der Waals surface area contributed by atoms with Crippen LogP contribution in [0.3, 0.4) is 0 Å². The van der Waals surface area contributed by atoms with Crippen LogP contribution in [0.1, 0.15) is 22.7 Å². The lowest BCUT2D eigenvalue weighted by atomic mass is 9.96. The molecular formula is C19H12Cl4N2. The molecule has 0 saturated carbocycles. The highest BCUT2D eigenvalue weighted by Crippen LogP contribution is 2.52. The standard InChI is InChI=1S/C19H12Cl4N2/c1-8-10(7-11-14(8)16(21)18(23)17(22)15(11)20)13-6-5-9-3-2-4-12(24)19(9)25-13/h2-6,10H,1,7,24H2. The minimum Gasteiger partial charge on any atom is -0.397 e. The van der Waals surface area contributed by atoms with E-state index in [-0.39, 0.29) is 16.0 Å². The predicted octanol–water partition coefficient (Wildman–Crippen LogP) is 6.78. The van der Waals surface area contributed by atoms with Gasteiger partial charge in [0.1, 0.15) is 0 Å². The number of aromatic nitrogens is 1. The van der Waals surface area contributed by atoms with E-state index in [4.69, 9.17) is 57.1 Å². The van der Waals surface area contributed by atoms with Gasteiger partial charge in [-0.3, -0.25) is 4.98 Å². The number of pyridine rings is 1. The topological polar surface area (TPSA) is 38.9 Å². The number of anilines is 1. The van der Waals surface area contributed by atoms with Gasteiger partial charge in [0.05, 0.1) is 31.3 Å². The molecule has 1 aromatic heterocycles. The average Bonchev–Trinajstić information content (AvgIpc) is 2.96. The van der Waals surface area contributed by atoms with E-state index in [0.717, 1.165) is 33.3 Å². The van der Waals surface area contributed by atoms with Crippen LogP contribution in [0.25, 0.3) is 16.5 Å². The van der Waals surface area contributed by atoms with Crippen LogP contribution in [0.5, 0.6) is 0 Å². The van der Waals surface area contributed by atoms with Crippen LogP contribution in [0, 0.1) is 0 Å². The summed E-state index contributed by atoms with van der Waals surface area (Å²) in [7, 11) is 0. The summed E-state index contributed by atoms with van der Waals surface area (Å²) in [6, 6.07) is 9.72. The van der Waals surface area contributed by atoms with E-state index in [1.807, 2.05) is 30.3 Å². The first-order valence-electron chi connectivity index (χ1n) is 7.59. The number of nitrogen functional groups attached to an aromatic ring is 1. The fraction of sp³-hybridized carbons (Fsp3) is 0.105. The van der Waals surface area contributed by atoms with Crippen LogP contribution in [0.15, 0.2) is 36.9 Å². The van der Waals surface area contributed by atoms with Crippen molar-refractivity contribution in [1.82, 2.24) is 4.98 Å². The maximum absolute atomic E-state index is 6.41. The lowest BCUT2D eigenvalue weighted by Crippen LogP contribution is -2.01. The molecule has 0 saturated heterocycles. The minimum atomic E-state index is -0.0523. The molecule has 3 aromatic rings. The van der Waals surface area contributed by atoms with Gasteiger partial charge in [-0.05, 0) is 29.7 Å². The second kappa shape index (κ2) is 6.07. The number of hydrogen-bond donors (Lipinski definition) is 1. The van der Waals surface area contributed by atoms with Crippen molar-refractivity contribution in [1.29, 1.82) is 0 Å². The van der Waals surface area contributed by atoms with Crippen LogP contribution in [-0.2, 0) is 6.42 Å². The predicted molar refractivity (Wildman–Crippen MR) is 108 cm³/mol. The molecule has 0 amide bonds. The normalized spacial score (nSPS) is 16.5. The number of nitrogens with two attached hydrogens (primary N) is 1. The van der Waals surface area contributed by atoms with E-state index in [2.05, 4.69) is 6.58 Å². The summed E-state index contributed by atoms with van der Waals surface area (Å²) in [5.74, 6) is -0.0523. The molecule has 2 N–H and O–H groups in total. The molecule has 1 aliphatic carbocycles. The Morgan fingerprint density at radius 3 is 2.44 bits per heavy atom. The fourth-order valence-electron chi connectivity index (χ4n) is 3.37. The SMILES string of the molecule is C=C1c2c(Cl)c(Cl)c(Cl)c(Cl)c2CC1c1ccc2cccc(N)c2n1. The van der Waals surface area contributed by atoms with Gasteiger partial charge in [-0.25, -0.2) is 0 Å². The van der Waals surface area contributed by atoms with Crippen LogP contribution >= 0.6 is 46.4 Å². The molecule has 0 spiro atoms.